The number of rotatable bonds is 3. The van der Waals surface area contributed by atoms with Crippen molar-refractivity contribution >= 4 is 17.2 Å². The molecule has 0 atom stereocenters. The van der Waals surface area contributed by atoms with E-state index in [1.807, 2.05) is 0 Å². The number of thiazole rings is 1. The second-order valence-electron chi connectivity index (χ2n) is 2.95. The third-order valence-electron chi connectivity index (χ3n) is 1.46. The summed E-state index contributed by atoms with van der Waals surface area (Å²) in [6.07, 6.45) is -5.90. The van der Waals surface area contributed by atoms with Gasteiger partial charge in [0.1, 0.15) is 11.4 Å². The number of hydrogen-bond acceptors (Lipinski definition) is 3. The number of aromatic nitrogens is 1. The molecule has 0 saturated carbocycles. The van der Waals surface area contributed by atoms with E-state index in [1.54, 1.807) is 12.3 Å². The van der Waals surface area contributed by atoms with Crippen LogP contribution in [0.1, 0.15) is 17.1 Å². The maximum Gasteiger partial charge on any atom is 0.397 e. The normalized spacial score (nSPS) is 11.5. The van der Waals surface area contributed by atoms with Gasteiger partial charge in [0.05, 0.1) is 6.54 Å². The quantitative estimate of drug-likeness (QED) is 0.875. The van der Waals surface area contributed by atoms with Gasteiger partial charge in [0.25, 0.3) is 0 Å². The highest BCUT2D eigenvalue weighted by atomic mass is 32.1. The molecule has 0 bridgehead atoms. The number of carbonyl (C=O) groups is 1. The molecule has 1 aromatic heterocycles. The number of hydrogen-bond donors (Lipinski definition) is 1. The fraction of sp³-hybridized carbons (Fsp3) is 0.500. The third-order valence-corrected chi connectivity index (χ3v) is 2.43. The Bertz CT molecular complexity index is 348. The Hall–Kier alpha value is -1.11. The molecule has 1 aromatic rings. The highest BCUT2D eigenvalue weighted by Crippen LogP contribution is 2.19. The lowest BCUT2D eigenvalue weighted by atomic mass is 10.4. The van der Waals surface area contributed by atoms with Crippen molar-refractivity contribution in [1.82, 2.24) is 10.3 Å². The Balaban J connectivity index is 2.35. The minimum atomic E-state index is -4.46. The summed E-state index contributed by atoms with van der Waals surface area (Å²) in [7, 11) is 0. The Morgan fingerprint density at radius 2 is 2.27 bits per heavy atom. The molecule has 0 spiro atoms. The number of aryl methyl sites for hydroxylation is 1. The lowest BCUT2D eigenvalue weighted by molar-refractivity contribution is -0.153. The fourth-order valence-corrected chi connectivity index (χ4v) is 1.61. The second kappa shape index (κ2) is 4.61. The summed E-state index contributed by atoms with van der Waals surface area (Å²) in [5.74, 6) is -1.03. The van der Waals surface area contributed by atoms with E-state index in [0.717, 1.165) is 5.69 Å². The standard InChI is InChI=1S/C8H9F3N2OS/c1-5-4-15-7(13-5)3-12-6(14)2-8(9,10)11/h4H,2-3H2,1H3,(H,12,14). The van der Waals surface area contributed by atoms with E-state index in [-0.39, 0.29) is 6.54 Å². The van der Waals surface area contributed by atoms with Gasteiger partial charge < -0.3 is 5.32 Å². The van der Waals surface area contributed by atoms with Crippen LogP contribution in [0.15, 0.2) is 5.38 Å². The predicted molar refractivity (Wildman–Crippen MR) is 49.4 cm³/mol. The number of nitrogens with zero attached hydrogens (tertiary/aromatic N) is 1. The average Bonchev–Trinajstić information content (AvgIpc) is 2.45. The maximum absolute atomic E-state index is 11.8. The van der Waals surface area contributed by atoms with Crippen molar-refractivity contribution < 1.29 is 18.0 Å². The van der Waals surface area contributed by atoms with E-state index in [0.29, 0.717) is 5.01 Å². The molecule has 0 unspecified atom stereocenters. The maximum atomic E-state index is 11.8. The SMILES string of the molecule is Cc1csc(CNC(=O)CC(F)(F)F)n1. The van der Waals surface area contributed by atoms with Crippen molar-refractivity contribution in [3.05, 3.63) is 16.1 Å². The monoisotopic (exact) mass is 238 g/mol. The van der Waals surface area contributed by atoms with Crippen LogP contribution >= 0.6 is 11.3 Å². The number of halogens is 3. The van der Waals surface area contributed by atoms with Crippen molar-refractivity contribution in [3.63, 3.8) is 0 Å². The Morgan fingerprint density at radius 1 is 1.60 bits per heavy atom. The van der Waals surface area contributed by atoms with Crippen LogP contribution < -0.4 is 5.32 Å². The van der Waals surface area contributed by atoms with Crippen LogP contribution in [0.25, 0.3) is 0 Å². The topological polar surface area (TPSA) is 42.0 Å². The molecule has 0 fully saturated rings. The molecule has 0 aliphatic rings. The number of alkyl halides is 3. The van der Waals surface area contributed by atoms with Crippen molar-refractivity contribution in [3.8, 4) is 0 Å². The molecule has 0 radical (unpaired) electrons. The highest BCUT2D eigenvalue weighted by molar-refractivity contribution is 7.09. The average molecular weight is 238 g/mol. The Morgan fingerprint density at radius 3 is 2.73 bits per heavy atom. The van der Waals surface area contributed by atoms with E-state index in [1.165, 1.54) is 11.3 Å². The van der Waals surface area contributed by atoms with Crippen LogP contribution in [-0.2, 0) is 11.3 Å². The van der Waals surface area contributed by atoms with Crippen molar-refractivity contribution in [1.29, 1.82) is 0 Å². The zero-order valence-corrected chi connectivity index (χ0v) is 8.71. The van der Waals surface area contributed by atoms with E-state index in [4.69, 9.17) is 0 Å². The molecule has 0 aromatic carbocycles. The van der Waals surface area contributed by atoms with Gasteiger partial charge in [0.2, 0.25) is 5.91 Å². The number of carbonyl (C=O) groups excluding carboxylic acids is 1. The van der Waals surface area contributed by atoms with Crippen LogP contribution in [0.4, 0.5) is 13.2 Å². The number of amides is 1. The lowest BCUT2D eigenvalue weighted by Crippen LogP contribution is -2.28. The lowest BCUT2D eigenvalue weighted by Gasteiger charge is -2.05. The molecule has 7 heteroatoms. The molecular formula is C8H9F3N2OS. The third kappa shape index (κ3) is 4.78. The molecule has 1 N–H and O–H groups in total. The molecule has 1 rings (SSSR count). The van der Waals surface area contributed by atoms with Gasteiger partial charge in [0, 0.05) is 11.1 Å². The molecule has 0 saturated heterocycles. The van der Waals surface area contributed by atoms with Gasteiger partial charge >= 0.3 is 6.18 Å². The van der Waals surface area contributed by atoms with Crippen LogP contribution in [0.3, 0.4) is 0 Å². The zero-order valence-electron chi connectivity index (χ0n) is 7.89. The number of nitrogens with one attached hydrogen (secondary N) is 1. The fourth-order valence-electron chi connectivity index (χ4n) is 0.903. The summed E-state index contributed by atoms with van der Waals surface area (Å²) < 4.78 is 35.3. The van der Waals surface area contributed by atoms with Crippen LogP contribution in [0.2, 0.25) is 0 Å². The summed E-state index contributed by atoms with van der Waals surface area (Å²) in [6.45, 7) is 1.82. The van der Waals surface area contributed by atoms with Crippen molar-refractivity contribution in [2.24, 2.45) is 0 Å². The van der Waals surface area contributed by atoms with Gasteiger partial charge in [-0.3, -0.25) is 4.79 Å². The van der Waals surface area contributed by atoms with Crippen LogP contribution in [0.5, 0.6) is 0 Å². The molecule has 3 nitrogen and oxygen atoms in total. The predicted octanol–water partition coefficient (Wildman–Crippen LogP) is 2.02. The summed E-state index contributed by atoms with van der Waals surface area (Å²) in [6, 6.07) is 0. The Kier molecular flexibility index (Phi) is 3.67. The Labute approximate surface area is 88.3 Å². The minimum Gasteiger partial charge on any atom is -0.349 e. The van der Waals surface area contributed by atoms with Gasteiger partial charge in [-0.25, -0.2) is 4.98 Å². The first-order chi connectivity index (χ1) is 6.87. The van der Waals surface area contributed by atoms with Crippen molar-refractivity contribution in [2.45, 2.75) is 26.1 Å². The second-order valence-corrected chi connectivity index (χ2v) is 3.89. The minimum absolute atomic E-state index is 0.0490. The van der Waals surface area contributed by atoms with Crippen molar-refractivity contribution in [2.75, 3.05) is 0 Å². The largest absolute Gasteiger partial charge is 0.397 e. The van der Waals surface area contributed by atoms with Gasteiger partial charge in [-0.2, -0.15) is 13.2 Å². The van der Waals surface area contributed by atoms with E-state index in [2.05, 4.69) is 10.3 Å². The molecule has 0 aliphatic carbocycles. The molecule has 1 heterocycles. The smallest absolute Gasteiger partial charge is 0.349 e. The van der Waals surface area contributed by atoms with E-state index >= 15 is 0 Å². The zero-order chi connectivity index (χ0) is 11.5. The van der Waals surface area contributed by atoms with Crippen LogP contribution in [0, 0.1) is 6.92 Å². The molecule has 1 amide bonds. The first-order valence-corrected chi connectivity index (χ1v) is 4.99. The summed E-state index contributed by atoms with van der Waals surface area (Å²) in [5.41, 5.74) is 0.792. The van der Waals surface area contributed by atoms with Gasteiger partial charge in [0.15, 0.2) is 0 Å². The van der Waals surface area contributed by atoms with Gasteiger partial charge in [-0.05, 0) is 6.92 Å². The first kappa shape index (κ1) is 12.0. The first-order valence-electron chi connectivity index (χ1n) is 4.11. The van der Waals surface area contributed by atoms with E-state index < -0.39 is 18.5 Å². The summed E-state index contributed by atoms with van der Waals surface area (Å²) in [4.78, 5) is 14.8. The summed E-state index contributed by atoms with van der Waals surface area (Å²) in [5, 5.41) is 4.53. The molecule has 84 valence electrons. The molecule has 0 aliphatic heterocycles. The summed E-state index contributed by atoms with van der Waals surface area (Å²) >= 11 is 1.30. The molecular weight excluding hydrogens is 229 g/mol. The van der Waals surface area contributed by atoms with Gasteiger partial charge in [-0.1, -0.05) is 0 Å². The van der Waals surface area contributed by atoms with Crippen LogP contribution in [-0.4, -0.2) is 17.1 Å². The van der Waals surface area contributed by atoms with E-state index in [9.17, 15) is 18.0 Å². The van der Waals surface area contributed by atoms with Gasteiger partial charge in [-0.15, -0.1) is 11.3 Å². The highest BCUT2D eigenvalue weighted by Gasteiger charge is 2.30. The molecule has 15 heavy (non-hydrogen) atoms.